The maximum Gasteiger partial charge on any atom is 0.271 e. The maximum absolute atomic E-state index is 12.2. The number of aromatic amines is 3. The fourth-order valence-corrected chi connectivity index (χ4v) is 4.94. The van der Waals surface area contributed by atoms with E-state index in [9.17, 15) is 4.79 Å². The van der Waals surface area contributed by atoms with Crippen LogP contribution in [0.3, 0.4) is 0 Å². The third-order valence-corrected chi connectivity index (χ3v) is 6.72. The first-order valence-electron chi connectivity index (χ1n) is 11.1. The highest BCUT2D eigenvalue weighted by molar-refractivity contribution is 6.34. The number of nitrogens with one attached hydrogen (secondary N) is 4. The van der Waals surface area contributed by atoms with E-state index >= 15 is 0 Å². The quantitative estimate of drug-likeness (QED) is 0.278. The summed E-state index contributed by atoms with van der Waals surface area (Å²) >= 11 is 6.62. The van der Waals surface area contributed by atoms with E-state index in [-0.39, 0.29) is 5.56 Å². The van der Waals surface area contributed by atoms with Gasteiger partial charge in [0.15, 0.2) is 5.82 Å². The number of hydrogen-bond acceptors (Lipinski definition) is 5. The van der Waals surface area contributed by atoms with Gasteiger partial charge in [-0.05, 0) is 43.2 Å². The van der Waals surface area contributed by atoms with E-state index in [2.05, 4.69) is 25.7 Å². The summed E-state index contributed by atoms with van der Waals surface area (Å²) in [4.78, 5) is 21.9. The van der Waals surface area contributed by atoms with Crippen LogP contribution in [0.15, 0.2) is 47.3 Å². The van der Waals surface area contributed by atoms with Crippen molar-refractivity contribution in [3.8, 4) is 11.3 Å². The van der Waals surface area contributed by atoms with Gasteiger partial charge in [0.2, 0.25) is 5.95 Å². The minimum atomic E-state index is -0.189. The van der Waals surface area contributed by atoms with Crippen LogP contribution >= 0.6 is 11.6 Å². The highest BCUT2D eigenvalue weighted by atomic mass is 35.5. The molecule has 9 heteroatoms. The van der Waals surface area contributed by atoms with E-state index in [0.29, 0.717) is 44.9 Å². The molecule has 0 spiro atoms. The van der Waals surface area contributed by atoms with Crippen molar-refractivity contribution in [3.63, 3.8) is 0 Å². The molecule has 33 heavy (non-hydrogen) atoms. The fourth-order valence-electron chi connectivity index (χ4n) is 4.68. The van der Waals surface area contributed by atoms with Crippen molar-refractivity contribution in [2.24, 2.45) is 0 Å². The standard InChI is InChI=1S/C24H22ClN7O/c25-17-11-21-16(23(33)32-30-21)10-15(17)20-12-19(13-6-2-1-3-7-13)26-24(27-20)28-22-14-8-4-5-9-18(14)29-31-22/h4-5,8-13H,1-3,6-7H2,(H2,30,32,33)(H2,26,27,28,29,31). The van der Waals surface area contributed by atoms with Crippen LogP contribution in [0.4, 0.5) is 11.8 Å². The number of hydrogen-bond donors (Lipinski definition) is 4. The van der Waals surface area contributed by atoms with Crippen LogP contribution in [0, 0.1) is 0 Å². The topological polar surface area (TPSA) is 115 Å². The zero-order valence-electron chi connectivity index (χ0n) is 17.8. The minimum Gasteiger partial charge on any atom is -0.307 e. The van der Waals surface area contributed by atoms with Gasteiger partial charge in [0, 0.05) is 22.6 Å². The molecule has 1 saturated carbocycles. The Morgan fingerprint density at radius 1 is 0.939 bits per heavy atom. The third kappa shape index (κ3) is 3.66. The lowest BCUT2D eigenvalue weighted by molar-refractivity contribution is 0.436. The smallest absolute Gasteiger partial charge is 0.271 e. The number of nitrogens with zero attached hydrogens (tertiary/aromatic N) is 3. The summed E-state index contributed by atoms with van der Waals surface area (Å²) in [5.74, 6) is 1.50. The molecule has 2 aromatic carbocycles. The van der Waals surface area contributed by atoms with Gasteiger partial charge in [-0.1, -0.05) is 43.0 Å². The number of aromatic nitrogens is 6. The molecule has 0 atom stereocenters. The molecule has 5 aromatic rings. The fraction of sp³-hybridized carbons (Fsp3) is 0.250. The third-order valence-electron chi connectivity index (χ3n) is 6.41. The van der Waals surface area contributed by atoms with Gasteiger partial charge in [-0.3, -0.25) is 20.1 Å². The van der Waals surface area contributed by atoms with E-state index in [1.165, 1.54) is 19.3 Å². The Morgan fingerprint density at radius 3 is 2.67 bits per heavy atom. The Morgan fingerprint density at radius 2 is 1.79 bits per heavy atom. The molecule has 1 aliphatic rings. The van der Waals surface area contributed by atoms with Gasteiger partial charge >= 0.3 is 0 Å². The van der Waals surface area contributed by atoms with Gasteiger partial charge in [-0.15, -0.1) is 0 Å². The van der Waals surface area contributed by atoms with Crippen molar-refractivity contribution in [2.45, 2.75) is 38.0 Å². The number of halogens is 1. The molecule has 3 heterocycles. The molecule has 6 rings (SSSR count). The number of H-pyrrole nitrogens is 3. The van der Waals surface area contributed by atoms with Gasteiger partial charge in [-0.25, -0.2) is 9.97 Å². The van der Waals surface area contributed by atoms with Crippen molar-refractivity contribution in [2.75, 3.05) is 5.32 Å². The molecule has 3 aromatic heterocycles. The van der Waals surface area contributed by atoms with Crippen LogP contribution in [0.1, 0.15) is 43.7 Å². The second kappa shape index (κ2) is 8.04. The Bertz CT molecular complexity index is 1530. The Hall–Kier alpha value is -3.65. The van der Waals surface area contributed by atoms with Crippen LogP contribution in [0.25, 0.3) is 33.1 Å². The van der Waals surface area contributed by atoms with Gasteiger partial charge < -0.3 is 5.32 Å². The second-order valence-electron chi connectivity index (χ2n) is 8.54. The normalized spacial score (nSPS) is 14.8. The van der Waals surface area contributed by atoms with Gasteiger partial charge in [-0.2, -0.15) is 5.10 Å². The highest BCUT2D eigenvalue weighted by Crippen LogP contribution is 2.36. The SMILES string of the molecule is O=c1[nH][nH]c2cc(Cl)c(-c3cc(C4CCCCC4)nc(Nc4n[nH]c5ccccc45)n3)cc12. The summed E-state index contributed by atoms with van der Waals surface area (Å²) < 4.78 is 0. The molecule has 1 fully saturated rings. The van der Waals surface area contributed by atoms with Crippen molar-refractivity contribution in [1.29, 1.82) is 0 Å². The van der Waals surface area contributed by atoms with E-state index in [0.717, 1.165) is 29.4 Å². The molecular weight excluding hydrogens is 438 g/mol. The highest BCUT2D eigenvalue weighted by Gasteiger charge is 2.21. The summed E-state index contributed by atoms with van der Waals surface area (Å²) in [6, 6.07) is 13.4. The summed E-state index contributed by atoms with van der Waals surface area (Å²) in [7, 11) is 0. The zero-order chi connectivity index (χ0) is 22.4. The largest absolute Gasteiger partial charge is 0.307 e. The molecule has 0 unspecified atom stereocenters. The van der Waals surface area contributed by atoms with E-state index in [1.54, 1.807) is 12.1 Å². The zero-order valence-corrected chi connectivity index (χ0v) is 18.5. The van der Waals surface area contributed by atoms with Crippen molar-refractivity contribution in [3.05, 3.63) is 63.5 Å². The monoisotopic (exact) mass is 459 g/mol. The first kappa shape index (κ1) is 20.0. The second-order valence-corrected chi connectivity index (χ2v) is 8.94. The van der Waals surface area contributed by atoms with Crippen LogP contribution in [-0.2, 0) is 0 Å². The summed E-state index contributed by atoms with van der Waals surface area (Å²) in [5, 5.41) is 18.2. The molecule has 0 bridgehead atoms. The lowest BCUT2D eigenvalue weighted by atomic mass is 9.86. The molecule has 0 aliphatic heterocycles. The molecule has 1 aliphatic carbocycles. The first-order valence-corrected chi connectivity index (χ1v) is 11.5. The lowest BCUT2D eigenvalue weighted by Gasteiger charge is -2.22. The maximum atomic E-state index is 12.2. The molecular formula is C24H22ClN7O. The Kier molecular flexibility index (Phi) is 4.87. The predicted octanol–water partition coefficient (Wildman–Crippen LogP) is 5.63. The molecule has 0 amide bonds. The van der Waals surface area contributed by atoms with Crippen LogP contribution in [0.5, 0.6) is 0 Å². The molecule has 4 N–H and O–H groups in total. The number of para-hydroxylation sites is 1. The number of rotatable bonds is 4. The summed E-state index contributed by atoms with van der Waals surface area (Å²) in [6.07, 6.45) is 5.86. The van der Waals surface area contributed by atoms with Crippen molar-refractivity contribution < 1.29 is 0 Å². The lowest BCUT2D eigenvalue weighted by Crippen LogP contribution is -2.10. The first-order chi connectivity index (χ1) is 16.2. The van der Waals surface area contributed by atoms with E-state index in [1.807, 2.05) is 30.3 Å². The average Bonchev–Trinajstić information content (AvgIpc) is 3.42. The van der Waals surface area contributed by atoms with Gasteiger partial charge in [0.25, 0.3) is 5.56 Å². The summed E-state index contributed by atoms with van der Waals surface area (Å²) in [6.45, 7) is 0. The van der Waals surface area contributed by atoms with Gasteiger partial charge in [0.05, 0.1) is 27.1 Å². The van der Waals surface area contributed by atoms with Crippen LogP contribution < -0.4 is 10.9 Å². The van der Waals surface area contributed by atoms with E-state index in [4.69, 9.17) is 21.6 Å². The molecule has 0 radical (unpaired) electrons. The predicted molar refractivity (Wildman–Crippen MR) is 130 cm³/mol. The van der Waals surface area contributed by atoms with Crippen molar-refractivity contribution in [1.82, 2.24) is 30.4 Å². The Balaban J connectivity index is 1.48. The van der Waals surface area contributed by atoms with Crippen LogP contribution in [0.2, 0.25) is 5.02 Å². The summed E-state index contributed by atoms with van der Waals surface area (Å²) in [5.41, 5.74) is 3.77. The molecule has 166 valence electrons. The van der Waals surface area contributed by atoms with Crippen LogP contribution in [-0.4, -0.2) is 30.4 Å². The number of benzene rings is 2. The van der Waals surface area contributed by atoms with Crippen molar-refractivity contribution >= 4 is 45.2 Å². The minimum absolute atomic E-state index is 0.189. The molecule has 8 nitrogen and oxygen atoms in total. The number of anilines is 2. The Labute approximate surface area is 193 Å². The van der Waals surface area contributed by atoms with E-state index < -0.39 is 0 Å². The van der Waals surface area contributed by atoms with Gasteiger partial charge in [0.1, 0.15) is 0 Å². The average molecular weight is 460 g/mol. The molecule has 0 saturated heterocycles. The number of fused-ring (bicyclic) bond motifs is 2.